The Hall–Kier alpha value is -1.24. The minimum atomic E-state index is -3.85. The van der Waals surface area contributed by atoms with Gasteiger partial charge in [-0.1, -0.05) is 11.6 Å². The highest BCUT2D eigenvalue weighted by Gasteiger charge is 2.34. The molecule has 2 N–H and O–H groups in total. The zero-order valence-corrected chi connectivity index (χ0v) is 21.5. The van der Waals surface area contributed by atoms with E-state index in [1.54, 1.807) is 17.0 Å². The van der Waals surface area contributed by atoms with Gasteiger partial charge < -0.3 is 19.9 Å². The fourth-order valence-corrected chi connectivity index (χ4v) is 6.54. The molecule has 2 fully saturated rings. The molecule has 0 bridgehead atoms. The average Bonchev–Trinajstić information content (AvgIpc) is 3.23. The number of nitrogens with one attached hydrogen (secondary N) is 2. The van der Waals surface area contributed by atoms with Crippen molar-refractivity contribution in [3.63, 3.8) is 0 Å². The molecule has 0 radical (unpaired) electrons. The first kappa shape index (κ1) is 26.4. The molecule has 12 heteroatoms. The maximum Gasteiger partial charge on any atom is 0.261 e. The number of piperidine rings is 1. The van der Waals surface area contributed by atoms with Crippen molar-refractivity contribution in [2.45, 2.75) is 50.4 Å². The first-order valence-corrected chi connectivity index (χ1v) is 14.0. The molecule has 2 aliphatic heterocycles. The molecule has 3 rings (SSSR count). The number of nitrogens with zero attached hydrogens (tertiary/aromatic N) is 2. The van der Waals surface area contributed by atoms with Gasteiger partial charge in [0.1, 0.15) is 5.25 Å². The molecule has 186 valence electrons. The first-order chi connectivity index (χ1) is 15.7. The zero-order chi connectivity index (χ0) is 24.0. The fourth-order valence-electron chi connectivity index (χ4n) is 4.02. The Bertz CT molecular complexity index is 910. The summed E-state index contributed by atoms with van der Waals surface area (Å²) in [6, 6.07) is 3.44. The van der Waals surface area contributed by atoms with Crippen molar-refractivity contribution in [3.8, 4) is 0 Å². The third kappa shape index (κ3) is 7.63. The van der Waals surface area contributed by atoms with Crippen LogP contribution in [0, 0.1) is 0 Å². The van der Waals surface area contributed by atoms with E-state index in [-0.39, 0.29) is 24.9 Å². The summed E-state index contributed by atoms with van der Waals surface area (Å²) in [5, 5.41) is 1.60. The van der Waals surface area contributed by atoms with Gasteiger partial charge in [-0.15, -0.1) is 11.3 Å². The smallest absolute Gasteiger partial charge is 0.261 e. The number of amides is 2. The molecular weight excluding hydrogens is 488 g/mol. The third-order valence-electron chi connectivity index (χ3n) is 6.08. The molecule has 1 aromatic heterocycles. The molecule has 9 nitrogen and oxygen atoms in total. The van der Waals surface area contributed by atoms with Crippen LogP contribution in [0.25, 0.3) is 0 Å². The van der Waals surface area contributed by atoms with E-state index in [1.807, 2.05) is 0 Å². The Morgan fingerprint density at radius 2 is 1.85 bits per heavy atom. The van der Waals surface area contributed by atoms with Crippen LogP contribution in [0.4, 0.5) is 0 Å². The van der Waals surface area contributed by atoms with Gasteiger partial charge in [-0.2, -0.15) is 0 Å². The van der Waals surface area contributed by atoms with Crippen LogP contribution in [0.15, 0.2) is 12.1 Å². The lowest BCUT2D eigenvalue weighted by Gasteiger charge is -2.35. The molecule has 2 aliphatic rings. The summed E-state index contributed by atoms with van der Waals surface area (Å²) in [6.07, 6.45) is 1.22. The second kappa shape index (κ2) is 11.9. The van der Waals surface area contributed by atoms with E-state index in [1.165, 1.54) is 0 Å². The van der Waals surface area contributed by atoms with Gasteiger partial charge in [-0.05, 0) is 51.9 Å². The molecule has 0 spiro atoms. The standard InChI is InChI=1S/C21H33ClN4O5S2/c1-15(2)25-7-5-16(6-8-25)24-33(29,30)17(13-20(27)26-9-11-31-12-10-26)14-23-21(28)18-3-4-19(22)32-18/h3-4,15-17,24H,5-14H2,1-2H3,(H,23,28). The van der Waals surface area contributed by atoms with Crippen molar-refractivity contribution in [3.05, 3.63) is 21.3 Å². The molecule has 3 heterocycles. The van der Waals surface area contributed by atoms with Crippen molar-refractivity contribution in [2.75, 3.05) is 45.9 Å². The molecule has 1 aromatic rings. The maximum absolute atomic E-state index is 13.3. The highest BCUT2D eigenvalue weighted by molar-refractivity contribution is 7.90. The number of carbonyl (C=O) groups is 2. The van der Waals surface area contributed by atoms with Gasteiger partial charge in [-0.3, -0.25) is 9.59 Å². The Labute approximate surface area is 204 Å². The van der Waals surface area contributed by atoms with Crippen LogP contribution in [0.1, 0.15) is 42.8 Å². The average molecular weight is 521 g/mol. The van der Waals surface area contributed by atoms with E-state index in [4.69, 9.17) is 16.3 Å². The number of ether oxygens (including phenoxy) is 1. The summed E-state index contributed by atoms with van der Waals surface area (Å²) >= 11 is 7.02. The van der Waals surface area contributed by atoms with Crippen molar-refractivity contribution >= 4 is 44.8 Å². The Morgan fingerprint density at radius 3 is 2.42 bits per heavy atom. The molecule has 1 atom stereocenters. The summed E-state index contributed by atoms with van der Waals surface area (Å²) in [6.45, 7) is 7.47. The largest absolute Gasteiger partial charge is 0.378 e. The maximum atomic E-state index is 13.3. The van der Waals surface area contributed by atoms with Crippen molar-refractivity contribution < 1.29 is 22.7 Å². The number of likely N-dealkylation sites (tertiary alicyclic amines) is 1. The van der Waals surface area contributed by atoms with Crippen LogP contribution in [-0.2, 0) is 19.6 Å². The Balaban J connectivity index is 1.66. The fraction of sp³-hybridized carbons (Fsp3) is 0.714. The van der Waals surface area contributed by atoms with Gasteiger partial charge in [0, 0.05) is 38.1 Å². The molecule has 33 heavy (non-hydrogen) atoms. The van der Waals surface area contributed by atoms with Gasteiger partial charge in [0.25, 0.3) is 5.91 Å². The van der Waals surface area contributed by atoms with Gasteiger partial charge in [0.15, 0.2) is 0 Å². The Morgan fingerprint density at radius 1 is 1.18 bits per heavy atom. The number of thiophene rings is 1. The number of halogens is 1. The summed E-state index contributed by atoms with van der Waals surface area (Å²) < 4.78 is 35.2. The van der Waals surface area contributed by atoms with Crippen molar-refractivity contribution in [1.82, 2.24) is 19.8 Å². The molecule has 0 saturated carbocycles. The van der Waals surface area contributed by atoms with Crippen LogP contribution in [0.3, 0.4) is 0 Å². The van der Waals surface area contributed by atoms with E-state index < -0.39 is 21.2 Å². The highest BCUT2D eigenvalue weighted by atomic mass is 35.5. The summed E-state index contributed by atoms with van der Waals surface area (Å²) in [4.78, 5) is 29.6. The monoisotopic (exact) mass is 520 g/mol. The van der Waals surface area contributed by atoms with E-state index in [9.17, 15) is 18.0 Å². The van der Waals surface area contributed by atoms with Crippen LogP contribution < -0.4 is 10.0 Å². The van der Waals surface area contributed by atoms with Crippen LogP contribution in [-0.4, -0.2) is 93.3 Å². The minimum absolute atomic E-state index is 0.162. The van der Waals surface area contributed by atoms with E-state index in [0.29, 0.717) is 54.4 Å². The number of sulfonamides is 1. The summed E-state index contributed by atoms with van der Waals surface area (Å²) in [5.41, 5.74) is 0. The number of rotatable bonds is 9. The van der Waals surface area contributed by atoms with Gasteiger partial charge in [0.2, 0.25) is 15.9 Å². The van der Waals surface area contributed by atoms with Crippen LogP contribution >= 0.6 is 22.9 Å². The molecule has 2 amide bonds. The molecule has 1 unspecified atom stereocenters. The number of carbonyl (C=O) groups excluding carboxylic acids is 2. The van der Waals surface area contributed by atoms with Gasteiger partial charge in [-0.25, -0.2) is 13.1 Å². The minimum Gasteiger partial charge on any atom is -0.378 e. The normalized spacial score (nSPS) is 19.6. The molecule has 0 aromatic carbocycles. The van der Waals surface area contributed by atoms with Crippen molar-refractivity contribution in [2.24, 2.45) is 0 Å². The number of hydrogen-bond acceptors (Lipinski definition) is 7. The van der Waals surface area contributed by atoms with Gasteiger partial charge in [0.05, 0.1) is 22.4 Å². The lowest BCUT2D eigenvalue weighted by atomic mass is 10.1. The number of hydrogen-bond donors (Lipinski definition) is 2. The lowest BCUT2D eigenvalue weighted by Crippen LogP contribution is -2.52. The van der Waals surface area contributed by atoms with Crippen LogP contribution in [0.2, 0.25) is 4.34 Å². The predicted molar refractivity (Wildman–Crippen MR) is 129 cm³/mol. The number of morpholine rings is 1. The second-order valence-electron chi connectivity index (χ2n) is 8.70. The van der Waals surface area contributed by atoms with E-state index >= 15 is 0 Å². The third-order valence-corrected chi connectivity index (χ3v) is 9.19. The first-order valence-electron chi connectivity index (χ1n) is 11.3. The molecule has 0 aliphatic carbocycles. The van der Waals surface area contributed by atoms with Crippen molar-refractivity contribution in [1.29, 1.82) is 0 Å². The van der Waals surface area contributed by atoms with Crippen LogP contribution in [0.5, 0.6) is 0 Å². The topological polar surface area (TPSA) is 108 Å². The quantitative estimate of drug-likeness (QED) is 0.511. The molecule has 2 saturated heterocycles. The summed E-state index contributed by atoms with van der Waals surface area (Å²) in [7, 11) is -3.85. The van der Waals surface area contributed by atoms with Gasteiger partial charge >= 0.3 is 0 Å². The lowest BCUT2D eigenvalue weighted by molar-refractivity contribution is -0.135. The van der Waals surface area contributed by atoms with E-state index in [2.05, 4.69) is 28.8 Å². The zero-order valence-electron chi connectivity index (χ0n) is 19.1. The Kier molecular flexibility index (Phi) is 9.54. The molecular formula is C21H33ClN4O5S2. The second-order valence-corrected chi connectivity index (χ2v) is 12.4. The highest BCUT2D eigenvalue weighted by Crippen LogP contribution is 2.21. The predicted octanol–water partition coefficient (Wildman–Crippen LogP) is 1.54. The SMILES string of the molecule is CC(C)N1CCC(NS(=O)(=O)C(CNC(=O)c2ccc(Cl)s2)CC(=O)N2CCOCC2)CC1. The van der Waals surface area contributed by atoms with E-state index in [0.717, 1.165) is 24.4 Å². The summed E-state index contributed by atoms with van der Waals surface area (Å²) in [5.74, 6) is -0.659.